The second kappa shape index (κ2) is 6.08. The first-order chi connectivity index (χ1) is 12.6. The number of aromatic nitrogens is 2. The highest BCUT2D eigenvalue weighted by Crippen LogP contribution is 2.40. The van der Waals surface area contributed by atoms with Gasteiger partial charge in [-0.05, 0) is 46.3 Å². The first kappa shape index (κ1) is 18.5. The molecule has 0 radical (unpaired) electrons. The van der Waals surface area contributed by atoms with Crippen molar-refractivity contribution in [2.45, 2.75) is 50.3 Å². The van der Waals surface area contributed by atoms with Crippen molar-refractivity contribution in [1.29, 1.82) is 0 Å². The van der Waals surface area contributed by atoms with E-state index in [0.717, 1.165) is 16.9 Å². The molecule has 27 heavy (non-hydrogen) atoms. The van der Waals surface area contributed by atoms with Gasteiger partial charge in [0.1, 0.15) is 0 Å². The van der Waals surface area contributed by atoms with Crippen molar-refractivity contribution in [3.8, 4) is 11.4 Å². The Morgan fingerprint density at radius 1 is 1.15 bits per heavy atom. The van der Waals surface area contributed by atoms with Gasteiger partial charge in [0.05, 0.1) is 31.5 Å². The van der Waals surface area contributed by atoms with Crippen molar-refractivity contribution >= 4 is 35.9 Å². The van der Waals surface area contributed by atoms with Gasteiger partial charge in [0.2, 0.25) is 0 Å². The van der Waals surface area contributed by atoms with Gasteiger partial charge in [-0.15, -0.1) is 11.8 Å². The minimum Gasteiger partial charge on any atom is -0.302 e. The van der Waals surface area contributed by atoms with E-state index in [4.69, 9.17) is 4.98 Å². The fraction of sp³-hybridized carbons (Fsp3) is 0.364. The van der Waals surface area contributed by atoms with Crippen molar-refractivity contribution in [1.82, 2.24) is 9.55 Å². The summed E-state index contributed by atoms with van der Waals surface area (Å²) in [6.07, 6.45) is 2.11. The monoisotopic (exact) mass is 394 g/mol. The summed E-state index contributed by atoms with van der Waals surface area (Å²) >= 11 is 1.77. The van der Waals surface area contributed by atoms with Crippen LogP contribution in [0.1, 0.15) is 26.3 Å². The largest absolute Gasteiger partial charge is 0.302 e. The standard InChI is InChI=1S/C22H26N2OSSi/c1-22(2,3)27(5,6)21-15-12-14(26-4)10-11-17(15)23-20-16(21)13-24-18(20)8-7-9-19(24)25/h7-12H,13H2,1-6H3. The number of nitrogens with zero attached hydrogens (tertiary/aromatic N) is 2. The van der Waals surface area contributed by atoms with Crippen LogP contribution >= 0.6 is 11.8 Å². The van der Waals surface area contributed by atoms with Crippen LogP contribution in [0.15, 0.2) is 46.1 Å². The summed E-state index contributed by atoms with van der Waals surface area (Å²) in [5.41, 5.74) is 4.30. The Morgan fingerprint density at radius 2 is 1.89 bits per heavy atom. The van der Waals surface area contributed by atoms with Crippen molar-refractivity contribution < 1.29 is 0 Å². The summed E-state index contributed by atoms with van der Waals surface area (Å²) in [6.45, 7) is 12.6. The van der Waals surface area contributed by atoms with Crippen LogP contribution in [-0.4, -0.2) is 23.9 Å². The Morgan fingerprint density at radius 3 is 2.56 bits per heavy atom. The van der Waals surface area contributed by atoms with E-state index in [-0.39, 0.29) is 10.6 Å². The molecule has 1 aromatic carbocycles. The normalized spacial score (nSPS) is 13.7. The van der Waals surface area contributed by atoms with E-state index in [1.165, 1.54) is 21.0 Å². The lowest BCUT2D eigenvalue weighted by atomic mass is 10.1. The molecule has 0 bridgehead atoms. The summed E-state index contributed by atoms with van der Waals surface area (Å²) in [4.78, 5) is 18.8. The summed E-state index contributed by atoms with van der Waals surface area (Å²) in [6, 6.07) is 12.1. The number of hydrogen-bond donors (Lipinski definition) is 0. The van der Waals surface area contributed by atoms with Gasteiger partial charge in [0, 0.05) is 16.3 Å². The quantitative estimate of drug-likeness (QED) is 0.360. The van der Waals surface area contributed by atoms with Crippen LogP contribution < -0.4 is 10.7 Å². The molecule has 0 aliphatic carbocycles. The molecule has 3 nitrogen and oxygen atoms in total. The molecule has 0 amide bonds. The van der Waals surface area contributed by atoms with Gasteiger partial charge in [-0.1, -0.05) is 39.9 Å². The lowest BCUT2D eigenvalue weighted by Gasteiger charge is -2.39. The maximum absolute atomic E-state index is 12.5. The number of benzene rings is 1. The van der Waals surface area contributed by atoms with Gasteiger partial charge in [-0.2, -0.15) is 0 Å². The first-order valence-corrected chi connectivity index (χ1v) is 13.6. The minimum absolute atomic E-state index is 0.0561. The SMILES string of the molecule is CSc1ccc2nc3c(c([Si](C)(C)C(C)(C)C)c2c1)Cn1c-3cccc1=O. The van der Waals surface area contributed by atoms with Gasteiger partial charge in [-0.25, -0.2) is 4.98 Å². The molecule has 3 aromatic rings. The number of rotatable bonds is 2. The van der Waals surface area contributed by atoms with Gasteiger partial charge in [0.15, 0.2) is 0 Å². The lowest BCUT2D eigenvalue weighted by molar-refractivity contribution is 0.728. The van der Waals surface area contributed by atoms with Crippen LogP contribution in [0.5, 0.6) is 0 Å². The molecule has 0 saturated heterocycles. The number of pyridine rings is 2. The Labute approximate surface area is 165 Å². The number of fused-ring (bicyclic) bond motifs is 4. The Hall–Kier alpha value is -1.85. The minimum atomic E-state index is -1.86. The number of hydrogen-bond acceptors (Lipinski definition) is 3. The predicted molar refractivity (Wildman–Crippen MR) is 119 cm³/mol. The summed E-state index contributed by atoms with van der Waals surface area (Å²) in [5, 5.41) is 2.94. The maximum atomic E-state index is 12.5. The molecular weight excluding hydrogens is 368 g/mol. The van der Waals surface area contributed by atoms with E-state index in [1.807, 2.05) is 16.7 Å². The van der Waals surface area contributed by atoms with Crippen molar-refractivity contribution in [2.24, 2.45) is 0 Å². The number of thioether (sulfide) groups is 1. The highest BCUT2D eigenvalue weighted by atomic mass is 32.2. The molecule has 0 spiro atoms. The zero-order valence-electron chi connectivity index (χ0n) is 16.9. The third kappa shape index (κ3) is 2.71. The summed E-state index contributed by atoms with van der Waals surface area (Å²) < 4.78 is 1.88. The van der Waals surface area contributed by atoms with E-state index < -0.39 is 8.07 Å². The fourth-order valence-electron chi connectivity index (χ4n) is 3.91. The predicted octanol–water partition coefficient (Wildman–Crippen LogP) is 4.86. The van der Waals surface area contributed by atoms with E-state index in [9.17, 15) is 4.79 Å². The molecule has 0 atom stereocenters. The Kier molecular flexibility index (Phi) is 4.16. The van der Waals surface area contributed by atoms with Crippen LogP contribution in [0.2, 0.25) is 18.1 Å². The van der Waals surface area contributed by atoms with Crippen molar-refractivity contribution in [3.63, 3.8) is 0 Å². The van der Waals surface area contributed by atoms with E-state index in [0.29, 0.717) is 6.54 Å². The zero-order valence-corrected chi connectivity index (χ0v) is 18.7. The van der Waals surface area contributed by atoms with Gasteiger partial charge in [-0.3, -0.25) is 4.79 Å². The molecule has 0 fully saturated rings. The topological polar surface area (TPSA) is 34.9 Å². The Balaban J connectivity index is 2.15. The highest BCUT2D eigenvalue weighted by molar-refractivity contribution is 7.98. The van der Waals surface area contributed by atoms with E-state index in [2.05, 4.69) is 58.3 Å². The average molecular weight is 395 g/mol. The first-order valence-electron chi connectivity index (χ1n) is 9.36. The molecule has 3 heterocycles. The molecule has 0 N–H and O–H groups in total. The van der Waals surface area contributed by atoms with Crippen LogP contribution in [0.4, 0.5) is 0 Å². The molecule has 0 saturated carbocycles. The van der Waals surface area contributed by atoms with Gasteiger partial charge in [0.25, 0.3) is 5.56 Å². The molecule has 1 aliphatic heterocycles. The van der Waals surface area contributed by atoms with Crippen LogP contribution in [-0.2, 0) is 6.54 Å². The van der Waals surface area contributed by atoms with Crippen molar-refractivity contribution in [2.75, 3.05) is 6.26 Å². The molecular formula is C22H26N2OSSi. The summed E-state index contributed by atoms with van der Waals surface area (Å²) in [7, 11) is -1.86. The maximum Gasteiger partial charge on any atom is 0.251 e. The van der Waals surface area contributed by atoms with E-state index >= 15 is 0 Å². The van der Waals surface area contributed by atoms with Crippen LogP contribution in [0, 0.1) is 0 Å². The van der Waals surface area contributed by atoms with Crippen LogP contribution in [0.25, 0.3) is 22.3 Å². The smallest absolute Gasteiger partial charge is 0.251 e. The third-order valence-corrected chi connectivity index (χ3v) is 12.7. The molecule has 1 aliphatic rings. The van der Waals surface area contributed by atoms with Crippen molar-refractivity contribution in [3.05, 3.63) is 52.3 Å². The van der Waals surface area contributed by atoms with Gasteiger partial charge < -0.3 is 4.57 Å². The second-order valence-electron chi connectivity index (χ2n) is 8.91. The molecule has 0 unspecified atom stereocenters. The molecule has 4 rings (SSSR count). The third-order valence-electron chi connectivity index (χ3n) is 6.40. The lowest BCUT2D eigenvalue weighted by Crippen LogP contribution is -2.51. The fourth-order valence-corrected chi connectivity index (χ4v) is 6.93. The van der Waals surface area contributed by atoms with Crippen LogP contribution in [0.3, 0.4) is 0 Å². The molecule has 140 valence electrons. The Bertz CT molecular complexity index is 1130. The molecule has 5 heteroatoms. The highest BCUT2D eigenvalue weighted by Gasteiger charge is 2.41. The second-order valence-corrected chi connectivity index (χ2v) is 15.0. The average Bonchev–Trinajstić information content (AvgIpc) is 2.97. The molecule has 2 aromatic heterocycles. The van der Waals surface area contributed by atoms with E-state index in [1.54, 1.807) is 17.8 Å². The van der Waals surface area contributed by atoms with Gasteiger partial charge >= 0.3 is 0 Å². The summed E-state index contributed by atoms with van der Waals surface area (Å²) in [5.74, 6) is 0. The zero-order chi connectivity index (χ0) is 19.6.